The Morgan fingerprint density at radius 3 is 2.18 bits per heavy atom. The number of carbonyl (C=O) groups excluding carboxylic acids is 3. The van der Waals surface area contributed by atoms with Gasteiger partial charge in [0.05, 0.1) is 6.04 Å². The minimum Gasteiger partial charge on any atom is -0.480 e. The van der Waals surface area contributed by atoms with E-state index < -0.39 is 35.9 Å². The number of ether oxygens (including phenoxy) is 2. The van der Waals surface area contributed by atoms with E-state index in [4.69, 9.17) is 15.2 Å². The second-order valence-electron chi connectivity index (χ2n) is 6.49. The molecule has 1 aromatic carbocycles. The molecule has 0 bridgehead atoms. The molecular formula is C19H26N2O7. The van der Waals surface area contributed by atoms with Crippen molar-refractivity contribution in [1.29, 1.82) is 0 Å². The molecule has 0 unspecified atom stereocenters. The van der Waals surface area contributed by atoms with Gasteiger partial charge in [-0.15, -0.1) is 0 Å². The highest BCUT2D eigenvalue weighted by atomic mass is 16.6. The van der Waals surface area contributed by atoms with Crippen LogP contribution in [0.1, 0.15) is 39.7 Å². The van der Waals surface area contributed by atoms with E-state index in [1.54, 1.807) is 13.0 Å². The van der Waals surface area contributed by atoms with Gasteiger partial charge >= 0.3 is 17.9 Å². The summed E-state index contributed by atoms with van der Waals surface area (Å²) in [6.07, 6.45) is 0.642. The SMILES string of the molecule is CC[C@H](C)[C@H](NC(=O)[C@@H](N)Cc1ccc(OC(C)=O)c(OC(C)=O)c1)C(=O)O. The molecule has 9 heteroatoms. The Morgan fingerprint density at radius 1 is 1.11 bits per heavy atom. The fourth-order valence-electron chi connectivity index (χ4n) is 2.44. The summed E-state index contributed by atoms with van der Waals surface area (Å²) in [5.74, 6) is -3.09. The van der Waals surface area contributed by atoms with Crippen molar-refractivity contribution >= 4 is 23.8 Å². The maximum Gasteiger partial charge on any atom is 0.326 e. The van der Waals surface area contributed by atoms with E-state index in [0.29, 0.717) is 12.0 Å². The first kappa shape index (κ1) is 23.1. The van der Waals surface area contributed by atoms with Gasteiger partial charge in [-0.25, -0.2) is 4.79 Å². The third kappa shape index (κ3) is 6.99. The molecule has 0 saturated carbocycles. The molecule has 9 nitrogen and oxygen atoms in total. The fraction of sp³-hybridized carbons (Fsp3) is 0.474. The van der Waals surface area contributed by atoms with Gasteiger partial charge in [-0.3, -0.25) is 14.4 Å². The van der Waals surface area contributed by atoms with E-state index in [1.807, 2.05) is 6.92 Å². The highest BCUT2D eigenvalue weighted by molar-refractivity contribution is 5.87. The van der Waals surface area contributed by atoms with Crippen molar-refractivity contribution in [3.63, 3.8) is 0 Å². The van der Waals surface area contributed by atoms with Gasteiger partial charge in [0.2, 0.25) is 5.91 Å². The van der Waals surface area contributed by atoms with E-state index in [1.165, 1.54) is 26.0 Å². The van der Waals surface area contributed by atoms with Gasteiger partial charge in [0.25, 0.3) is 0 Å². The van der Waals surface area contributed by atoms with Crippen molar-refractivity contribution in [2.24, 2.45) is 11.7 Å². The van der Waals surface area contributed by atoms with Crippen LogP contribution in [0.15, 0.2) is 18.2 Å². The molecule has 0 aliphatic carbocycles. The zero-order chi connectivity index (χ0) is 21.4. The van der Waals surface area contributed by atoms with E-state index in [9.17, 15) is 24.3 Å². The number of rotatable bonds is 9. The Morgan fingerprint density at radius 2 is 1.68 bits per heavy atom. The Kier molecular flexibility index (Phi) is 8.59. The number of carboxylic acids is 1. The first-order chi connectivity index (χ1) is 13.0. The normalized spacial score (nSPS) is 13.8. The molecule has 154 valence electrons. The van der Waals surface area contributed by atoms with Crippen LogP contribution >= 0.6 is 0 Å². The Hall–Kier alpha value is -2.94. The minimum atomic E-state index is -1.13. The molecule has 0 aliphatic rings. The van der Waals surface area contributed by atoms with Crippen LogP contribution in [0.3, 0.4) is 0 Å². The monoisotopic (exact) mass is 394 g/mol. The molecule has 4 N–H and O–H groups in total. The number of hydrogen-bond acceptors (Lipinski definition) is 7. The van der Waals surface area contributed by atoms with Gasteiger partial charge in [0.1, 0.15) is 6.04 Å². The molecule has 0 radical (unpaired) electrons. The van der Waals surface area contributed by atoms with Crippen LogP contribution in [-0.4, -0.2) is 41.0 Å². The topological polar surface area (TPSA) is 145 Å². The lowest BCUT2D eigenvalue weighted by Gasteiger charge is -2.22. The predicted octanol–water partition coefficient (Wildman–Crippen LogP) is 1.02. The van der Waals surface area contributed by atoms with Crippen molar-refractivity contribution in [2.45, 2.75) is 52.6 Å². The third-order valence-corrected chi connectivity index (χ3v) is 4.08. The number of carbonyl (C=O) groups is 4. The van der Waals surface area contributed by atoms with Crippen molar-refractivity contribution in [1.82, 2.24) is 5.32 Å². The van der Waals surface area contributed by atoms with Gasteiger partial charge in [0.15, 0.2) is 11.5 Å². The van der Waals surface area contributed by atoms with Crippen LogP contribution in [-0.2, 0) is 25.6 Å². The molecule has 3 atom stereocenters. The van der Waals surface area contributed by atoms with Crippen molar-refractivity contribution in [2.75, 3.05) is 0 Å². The lowest BCUT2D eigenvalue weighted by atomic mass is 9.98. The number of benzene rings is 1. The van der Waals surface area contributed by atoms with Crippen LogP contribution in [0, 0.1) is 5.92 Å². The maximum absolute atomic E-state index is 12.3. The zero-order valence-electron chi connectivity index (χ0n) is 16.4. The van der Waals surface area contributed by atoms with Gasteiger partial charge < -0.3 is 25.6 Å². The molecule has 0 fully saturated rings. The molecule has 0 aliphatic heterocycles. The summed E-state index contributed by atoms with van der Waals surface area (Å²) in [7, 11) is 0. The summed E-state index contributed by atoms with van der Waals surface area (Å²) < 4.78 is 10.0. The number of aliphatic carboxylic acids is 1. The Bertz CT molecular complexity index is 748. The molecule has 1 aromatic rings. The van der Waals surface area contributed by atoms with E-state index in [2.05, 4.69) is 5.32 Å². The molecule has 0 heterocycles. The number of nitrogens with one attached hydrogen (secondary N) is 1. The van der Waals surface area contributed by atoms with Crippen LogP contribution in [0.4, 0.5) is 0 Å². The van der Waals surface area contributed by atoms with Crippen LogP contribution in [0.5, 0.6) is 11.5 Å². The minimum absolute atomic E-state index is 0.0239. The van der Waals surface area contributed by atoms with Gasteiger partial charge in [0, 0.05) is 13.8 Å². The average molecular weight is 394 g/mol. The maximum atomic E-state index is 12.3. The fourth-order valence-corrected chi connectivity index (χ4v) is 2.44. The van der Waals surface area contributed by atoms with Crippen molar-refractivity contribution in [3.8, 4) is 11.5 Å². The summed E-state index contributed by atoms with van der Waals surface area (Å²) >= 11 is 0. The largest absolute Gasteiger partial charge is 0.480 e. The first-order valence-electron chi connectivity index (χ1n) is 8.83. The molecule has 0 aromatic heterocycles. The standard InChI is InChI=1S/C19H26N2O7/c1-5-10(2)17(19(25)26)21-18(24)14(20)8-13-6-7-15(27-11(3)22)16(9-13)28-12(4)23/h6-7,9-10,14,17H,5,8,20H2,1-4H3,(H,21,24)(H,25,26)/t10-,14-,17-/m0/s1. The second-order valence-corrected chi connectivity index (χ2v) is 6.49. The quantitative estimate of drug-likeness (QED) is 0.416. The van der Waals surface area contributed by atoms with E-state index in [0.717, 1.165) is 0 Å². The summed E-state index contributed by atoms with van der Waals surface area (Å²) in [4.78, 5) is 46.1. The lowest BCUT2D eigenvalue weighted by Crippen LogP contribution is -2.51. The summed E-state index contributed by atoms with van der Waals surface area (Å²) in [5, 5.41) is 11.7. The predicted molar refractivity (Wildman–Crippen MR) is 99.8 cm³/mol. The zero-order valence-corrected chi connectivity index (χ0v) is 16.4. The van der Waals surface area contributed by atoms with Gasteiger partial charge in [-0.2, -0.15) is 0 Å². The van der Waals surface area contributed by atoms with E-state index in [-0.39, 0.29) is 23.8 Å². The summed E-state index contributed by atoms with van der Waals surface area (Å²) in [6.45, 7) is 5.96. The molecule has 28 heavy (non-hydrogen) atoms. The summed E-state index contributed by atoms with van der Waals surface area (Å²) in [5.41, 5.74) is 6.46. The van der Waals surface area contributed by atoms with Gasteiger partial charge in [-0.1, -0.05) is 26.3 Å². The van der Waals surface area contributed by atoms with Crippen LogP contribution in [0.25, 0.3) is 0 Å². The average Bonchev–Trinajstić information content (AvgIpc) is 2.59. The second kappa shape index (κ2) is 10.4. The number of nitrogens with two attached hydrogens (primary N) is 1. The number of esters is 2. The van der Waals surface area contributed by atoms with Crippen LogP contribution in [0.2, 0.25) is 0 Å². The molecule has 0 spiro atoms. The molecule has 1 amide bonds. The number of hydrogen-bond donors (Lipinski definition) is 3. The number of carboxylic acid groups (broad SMARTS) is 1. The first-order valence-corrected chi connectivity index (χ1v) is 8.83. The molecular weight excluding hydrogens is 368 g/mol. The Balaban J connectivity index is 2.93. The van der Waals surface area contributed by atoms with Crippen molar-refractivity contribution < 1.29 is 33.8 Å². The molecule has 0 saturated heterocycles. The number of amides is 1. The van der Waals surface area contributed by atoms with Crippen LogP contribution < -0.4 is 20.5 Å². The van der Waals surface area contributed by atoms with E-state index >= 15 is 0 Å². The van der Waals surface area contributed by atoms with Crippen molar-refractivity contribution in [3.05, 3.63) is 23.8 Å². The smallest absolute Gasteiger partial charge is 0.326 e. The lowest BCUT2D eigenvalue weighted by molar-refractivity contribution is -0.143. The Labute approximate surface area is 163 Å². The summed E-state index contributed by atoms with van der Waals surface area (Å²) in [6, 6.07) is 2.39. The third-order valence-electron chi connectivity index (χ3n) is 4.08. The highest BCUT2D eigenvalue weighted by Gasteiger charge is 2.27. The van der Waals surface area contributed by atoms with Gasteiger partial charge in [-0.05, 0) is 30.0 Å². The molecule has 1 rings (SSSR count). The highest BCUT2D eigenvalue weighted by Crippen LogP contribution is 2.29.